The molecule has 1 saturated heterocycles. The SMILES string of the molecule is CC(C)(C)c1ccc(C(=O)NCC(=O)N2CC(CF)C2)cc1. The Bertz CT molecular complexity index is 543. The predicted molar refractivity (Wildman–Crippen MR) is 83.5 cm³/mol. The van der Waals surface area contributed by atoms with Crippen molar-refractivity contribution in [2.45, 2.75) is 26.2 Å². The Morgan fingerprint density at radius 3 is 2.32 bits per heavy atom. The maximum atomic E-state index is 12.3. The fourth-order valence-electron chi connectivity index (χ4n) is 2.36. The fourth-order valence-corrected chi connectivity index (χ4v) is 2.36. The molecule has 1 aliphatic heterocycles. The normalized spacial score (nSPS) is 15.4. The monoisotopic (exact) mass is 306 g/mol. The molecule has 1 aliphatic rings. The Labute approximate surface area is 130 Å². The summed E-state index contributed by atoms with van der Waals surface area (Å²) in [5.41, 5.74) is 1.72. The minimum absolute atomic E-state index is 0.0371. The molecule has 0 atom stereocenters. The molecule has 0 bridgehead atoms. The van der Waals surface area contributed by atoms with Gasteiger partial charge >= 0.3 is 0 Å². The Balaban J connectivity index is 1.84. The van der Waals surface area contributed by atoms with E-state index in [1.165, 1.54) is 0 Å². The van der Waals surface area contributed by atoms with Crippen LogP contribution in [0.25, 0.3) is 0 Å². The maximum Gasteiger partial charge on any atom is 0.251 e. The smallest absolute Gasteiger partial charge is 0.251 e. The molecule has 0 saturated carbocycles. The molecule has 1 N–H and O–H groups in total. The highest BCUT2D eigenvalue weighted by atomic mass is 19.1. The van der Waals surface area contributed by atoms with Crippen molar-refractivity contribution >= 4 is 11.8 Å². The minimum Gasteiger partial charge on any atom is -0.343 e. The molecule has 0 unspecified atom stereocenters. The van der Waals surface area contributed by atoms with Gasteiger partial charge in [0.15, 0.2) is 0 Å². The fraction of sp³-hybridized carbons (Fsp3) is 0.529. The van der Waals surface area contributed by atoms with Gasteiger partial charge in [0.1, 0.15) is 0 Å². The summed E-state index contributed by atoms with van der Waals surface area (Å²) in [4.78, 5) is 25.4. The summed E-state index contributed by atoms with van der Waals surface area (Å²) in [7, 11) is 0. The van der Waals surface area contributed by atoms with Crippen LogP contribution in [0.3, 0.4) is 0 Å². The molecule has 1 heterocycles. The molecular weight excluding hydrogens is 283 g/mol. The van der Waals surface area contributed by atoms with E-state index in [-0.39, 0.29) is 29.7 Å². The first kappa shape index (κ1) is 16.5. The molecular formula is C17H23FN2O2. The van der Waals surface area contributed by atoms with Gasteiger partial charge in [-0.25, -0.2) is 0 Å². The highest BCUT2D eigenvalue weighted by molar-refractivity contribution is 5.96. The molecule has 0 aromatic heterocycles. The third-order valence-electron chi connectivity index (χ3n) is 3.94. The topological polar surface area (TPSA) is 49.4 Å². The summed E-state index contributed by atoms with van der Waals surface area (Å²) in [6, 6.07) is 7.39. The molecule has 22 heavy (non-hydrogen) atoms. The number of hydrogen-bond acceptors (Lipinski definition) is 2. The molecule has 0 radical (unpaired) electrons. The van der Waals surface area contributed by atoms with Crippen LogP contribution in [0, 0.1) is 5.92 Å². The van der Waals surface area contributed by atoms with Crippen LogP contribution >= 0.6 is 0 Å². The van der Waals surface area contributed by atoms with Gasteiger partial charge in [0, 0.05) is 24.6 Å². The van der Waals surface area contributed by atoms with Crippen molar-refractivity contribution in [3.05, 3.63) is 35.4 Å². The molecule has 0 aliphatic carbocycles. The van der Waals surface area contributed by atoms with Crippen LogP contribution < -0.4 is 5.32 Å². The number of amides is 2. The van der Waals surface area contributed by atoms with Gasteiger partial charge in [-0.3, -0.25) is 14.0 Å². The van der Waals surface area contributed by atoms with Gasteiger partial charge in [0.05, 0.1) is 13.2 Å². The third-order valence-corrected chi connectivity index (χ3v) is 3.94. The first-order valence-corrected chi connectivity index (χ1v) is 7.53. The lowest BCUT2D eigenvalue weighted by Crippen LogP contribution is -2.53. The summed E-state index contributed by atoms with van der Waals surface area (Å²) in [5, 5.41) is 2.61. The van der Waals surface area contributed by atoms with Gasteiger partial charge in [-0.1, -0.05) is 32.9 Å². The Morgan fingerprint density at radius 1 is 1.23 bits per heavy atom. The number of benzene rings is 1. The Morgan fingerprint density at radius 2 is 1.82 bits per heavy atom. The van der Waals surface area contributed by atoms with Crippen molar-refractivity contribution in [3.8, 4) is 0 Å². The minimum atomic E-state index is -0.393. The van der Waals surface area contributed by atoms with E-state index in [1.54, 1.807) is 17.0 Å². The number of halogens is 1. The van der Waals surface area contributed by atoms with Gasteiger partial charge in [0.2, 0.25) is 5.91 Å². The second kappa shape index (κ2) is 6.46. The van der Waals surface area contributed by atoms with Gasteiger partial charge in [-0.2, -0.15) is 0 Å². The van der Waals surface area contributed by atoms with E-state index in [9.17, 15) is 14.0 Å². The molecule has 0 spiro atoms. The quantitative estimate of drug-likeness (QED) is 0.926. The first-order valence-electron chi connectivity index (χ1n) is 7.53. The summed E-state index contributed by atoms with van der Waals surface area (Å²) < 4.78 is 12.3. The molecule has 120 valence electrons. The average Bonchev–Trinajstić information content (AvgIpc) is 2.43. The van der Waals surface area contributed by atoms with E-state index in [0.29, 0.717) is 18.7 Å². The number of nitrogens with zero attached hydrogens (tertiary/aromatic N) is 1. The second-order valence-corrected chi connectivity index (χ2v) is 6.83. The van der Waals surface area contributed by atoms with Crippen LogP contribution in [-0.2, 0) is 10.2 Å². The van der Waals surface area contributed by atoms with Crippen LogP contribution in [0.4, 0.5) is 4.39 Å². The first-order chi connectivity index (χ1) is 10.3. The van der Waals surface area contributed by atoms with E-state index in [2.05, 4.69) is 26.1 Å². The van der Waals surface area contributed by atoms with Crippen LogP contribution in [-0.4, -0.2) is 43.0 Å². The van der Waals surface area contributed by atoms with Crippen molar-refractivity contribution in [1.82, 2.24) is 10.2 Å². The lowest BCUT2D eigenvalue weighted by Gasteiger charge is -2.37. The highest BCUT2D eigenvalue weighted by Gasteiger charge is 2.30. The summed E-state index contributed by atoms with van der Waals surface area (Å²) in [6.07, 6.45) is 0. The van der Waals surface area contributed by atoms with Crippen LogP contribution in [0.5, 0.6) is 0 Å². The molecule has 1 aromatic carbocycles. The van der Waals surface area contributed by atoms with Gasteiger partial charge in [-0.05, 0) is 23.1 Å². The van der Waals surface area contributed by atoms with Crippen molar-refractivity contribution in [1.29, 1.82) is 0 Å². The number of rotatable bonds is 4. The maximum absolute atomic E-state index is 12.3. The van der Waals surface area contributed by atoms with Gasteiger partial charge in [0.25, 0.3) is 5.91 Å². The van der Waals surface area contributed by atoms with E-state index >= 15 is 0 Å². The van der Waals surface area contributed by atoms with Crippen molar-refractivity contribution < 1.29 is 14.0 Å². The Hall–Kier alpha value is -1.91. The molecule has 1 aromatic rings. The summed E-state index contributed by atoms with van der Waals surface area (Å²) in [6.45, 7) is 6.79. The lowest BCUT2D eigenvalue weighted by atomic mass is 9.87. The summed E-state index contributed by atoms with van der Waals surface area (Å²) in [5.74, 6) is -0.467. The standard InChI is InChI=1S/C17H23FN2O2/c1-17(2,3)14-6-4-13(5-7-14)16(22)19-9-15(21)20-10-12(8-18)11-20/h4-7,12H,8-11H2,1-3H3,(H,19,22). The van der Waals surface area contributed by atoms with E-state index in [4.69, 9.17) is 0 Å². The number of carbonyl (C=O) groups is 2. The number of nitrogens with one attached hydrogen (secondary N) is 1. The predicted octanol–water partition coefficient (Wildman–Crippen LogP) is 2.14. The average molecular weight is 306 g/mol. The zero-order valence-corrected chi connectivity index (χ0v) is 13.4. The van der Waals surface area contributed by atoms with E-state index in [1.807, 2.05) is 12.1 Å². The number of likely N-dealkylation sites (tertiary alicyclic amines) is 1. The summed E-state index contributed by atoms with van der Waals surface area (Å²) >= 11 is 0. The number of alkyl halides is 1. The molecule has 4 nitrogen and oxygen atoms in total. The zero-order valence-electron chi connectivity index (χ0n) is 13.4. The van der Waals surface area contributed by atoms with E-state index in [0.717, 1.165) is 5.56 Å². The number of carbonyl (C=O) groups excluding carboxylic acids is 2. The van der Waals surface area contributed by atoms with Crippen LogP contribution in [0.2, 0.25) is 0 Å². The molecule has 5 heteroatoms. The second-order valence-electron chi connectivity index (χ2n) is 6.83. The zero-order chi connectivity index (χ0) is 16.3. The van der Waals surface area contributed by atoms with Gasteiger partial charge in [-0.15, -0.1) is 0 Å². The van der Waals surface area contributed by atoms with Crippen LogP contribution in [0.15, 0.2) is 24.3 Å². The molecule has 2 amide bonds. The van der Waals surface area contributed by atoms with Crippen LogP contribution in [0.1, 0.15) is 36.7 Å². The van der Waals surface area contributed by atoms with Gasteiger partial charge < -0.3 is 10.2 Å². The van der Waals surface area contributed by atoms with E-state index < -0.39 is 6.67 Å². The number of hydrogen-bond donors (Lipinski definition) is 1. The van der Waals surface area contributed by atoms with Crippen molar-refractivity contribution in [2.75, 3.05) is 26.3 Å². The molecule has 2 rings (SSSR count). The molecule has 1 fully saturated rings. The van der Waals surface area contributed by atoms with Crippen molar-refractivity contribution in [3.63, 3.8) is 0 Å². The Kier molecular flexibility index (Phi) is 4.84. The van der Waals surface area contributed by atoms with Crippen molar-refractivity contribution in [2.24, 2.45) is 5.92 Å². The third kappa shape index (κ3) is 3.84. The lowest BCUT2D eigenvalue weighted by molar-refractivity contribution is -0.136. The highest BCUT2D eigenvalue weighted by Crippen LogP contribution is 2.22. The largest absolute Gasteiger partial charge is 0.343 e.